The molecular formula is C22H21ClN4O4S. The molecule has 0 bridgehead atoms. The van der Waals surface area contributed by atoms with Gasteiger partial charge in [-0.05, 0) is 61.7 Å². The quantitative estimate of drug-likeness (QED) is 0.542. The molecule has 2 aromatic carbocycles. The average Bonchev–Trinajstić information content (AvgIpc) is 3.41. The fourth-order valence-corrected chi connectivity index (χ4v) is 5.50. The number of hydrogen-bond donors (Lipinski definition) is 0. The number of sulfonamides is 1. The second-order valence-electron chi connectivity index (χ2n) is 7.96. The van der Waals surface area contributed by atoms with Crippen LogP contribution in [0.1, 0.15) is 35.5 Å². The van der Waals surface area contributed by atoms with Crippen molar-refractivity contribution in [1.82, 2.24) is 15.1 Å². The van der Waals surface area contributed by atoms with E-state index in [2.05, 4.69) is 10.2 Å². The van der Waals surface area contributed by atoms with E-state index in [1.54, 1.807) is 53.4 Å². The smallest absolute Gasteiger partial charge is 0.254 e. The Bertz CT molecular complexity index is 1250. The summed E-state index contributed by atoms with van der Waals surface area (Å²) in [7, 11) is -3.31. The summed E-state index contributed by atoms with van der Waals surface area (Å²) < 4.78 is 31.7. The summed E-state index contributed by atoms with van der Waals surface area (Å²) in [6, 6.07) is 14.0. The molecule has 1 aliphatic heterocycles. The number of amides is 1. The van der Waals surface area contributed by atoms with E-state index in [-0.39, 0.29) is 24.2 Å². The Morgan fingerprint density at radius 3 is 2.62 bits per heavy atom. The van der Waals surface area contributed by atoms with Crippen LogP contribution in [0.5, 0.6) is 0 Å². The summed E-state index contributed by atoms with van der Waals surface area (Å²) in [6.07, 6.45) is 2.40. The normalized spacial score (nSPS) is 17.5. The highest BCUT2D eigenvalue weighted by Crippen LogP contribution is 2.32. The number of anilines is 1. The van der Waals surface area contributed by atoms with E-state index in [0.29, 0.717) is 41.0 Å². The van der Waals surface area contributed by atoms with Gasteiger partial charge in [0.1, 0.15) is 0 Å². The van der Waals surface area contributed by atoms with Crippen LogP contribution in [-0.4, -0.2) is 47.8 Å². The fourth-order valence-electron chi connectivity index (χ4n) is 3.81. The van der Waals surface area contributed by atoms with Gasteiger partial charge in [-0.25, -0.2) is 8.42 Å². The number of carbonyl (C=O) groups is 1. The molecular weight excluding hydrogens is 452 g/mol. The first kappa shape index (κ1) is 21.0. The number of hydrogen-bond acceptors (Lipinski definition) is 6. The van der Waals surface area contributed by atoms with E-state index in [9.17, 15) is 13.2 Å². The maximum atomic E-state index is 13.3. The number of benzene rings is 2. The predicted octanol–water partition coefficient (Wildman–Crippen LogP) is 3.73. The average molecular weight is 473 g/mol. The minimum absolute atomic E-state index is 0.104. The van der Waals surface area contributed by atoms with Crippen molar-refractivity contribution < 1.29 is 17.6 Å². The third-order valence-corrected chi connectivity index (χ3v) is 7.71. The molecule has 0 radical (unpaired) electrons. The Kier molecular flexibility index (Phi) is 5.38. The first-order valence-electron chi connectivity index (χ1n) is 10.4. The molecule has 1 aromatic heterocycles. The van der Waals surface area contributed by atoms with Gasteiger partial charge in [-0.2, -0.15) is 0 Å². The van der Waals surface area contributed by atoms with Gasteiger partial charge in [-0.3, -0.25) is 9.10 Å². The van der Waals surface area contributed by atoms with E-state index in [4.69, 9.17) is 16.0 Å². The van der Waals surface area contributed by atoms with Crippen LogP contribution in [0.4, 0.5) is 5.69 Å². The van der Waals surface area contributed by atoms with Crippen LogP contribution < -0.4 is 4.31 Å². The van der Waals surface area contributed by atoms with Gasteiger partial charge in [0.05, 0.1) is 18.0 Å². The third-order valence-electron chi connectivity index (χ3n) is 5.59. The van der Waals surface area contributed by atoms with Gasteiger partial charge in [0.25, 0.3) is 5.91 Å². The van der Waals surface area contributed by atoms with E-state index < -0.39 is 10.0 Å². The van der Waals surface area contributed by atoms with Gasteiger partial charge in [-0.1, -0.05) is 17.7 Å². The van der Waals surface area contributed by atoms with Crippen molar-refractivity contribution in [3.05, 3.63) is 65.0 Å². The van der Waals surface area contributed by atoms with Crippen LogP contribution in [0.25, 0.3) is 11.5 Å². The van der Waals surface area contributed by atoms with Gasteiger partial charge in [0.15, 0.2) is 0 Å². The molecule has 0 N–H and O–H groups in total. The number of rotatable bonds is 6. The van der Waals surface area contributed by atoms with Gasteiger partial charge < -0.3 is 9.32 Å². The van der Waals surface area contributed by atoms with E-state index in [1.165, 1.54) is 4.31 Å². The van der Waals surface area contributed by atoms with Crippen molar-refractivity contribution in [3.63, 3.8) is 0 Å². The molecule has 2 aliphatic rings. The molecule has 2 heterocycles. The molecule has 1 saturated carbocycles. The van der Waals surface area contributed by atoms with Gasteiger partial charge in [-0.15, -0.1) is 10.2 Å². The van der Waals surface area contributed by atoms with E-state index >= 15 is 0 Å². The highest BCUT2D eigenvalue weighted by molar-refractivity contribution is 7.93. The van der Waals surface area contributed by atoms with Gasteiger partial charge in [0.2, 0.25) is 21.8 Å². The van der Waals surface area contributed by atoms with Crippen LogP contribution in [0.2, 0.25) is 5.02 Å². The summed E-state index contributed by atoms with van der Waals surface area (Å²) in [6.45, 7) is 0.623. The Morgan fingerprint density at radius 2 is 1.94 bits per heavy atom. The Morgan fingerprint density at radius 1 is 1.16 bits per heavy atom. The zero-order valence-electron chi connectivity index (χ0n) is 17.1. The molecule has 2 fully saturated rings. The second kappa shape index (κ2) is 8.22. The maximum absolute atomic E-state index is 13.3. The topological polar surface area (TPSA) is 96.6 Å². The molecule has 32 heavy (non-hydrogen) atoms. The van der Waals surface area contributed by atoms with Crippen molar-refractivity contribution in [2.24, 2.45) is 0 Å². The zero-order chi connectivity index (χ0) is 22.3. The van der Waals surface area contributed by atoms with Crippen molar-refractivity contribution >= 4 is 33.2 Å². The third kappa shape index (κ3) is 4.22. The molecule has 0 unspecified atom stereocenters. The number of halogens is 1. The van der Waals surface area contributed by atoms with Crippen molar-refractivity contribution in [3.8, 4) is 11.5 Å². The first-order chi connectivity index (χ1) is 15.4. The lowest BCUT2D eigenvalue weighted by molar-refractivity contribution is 0.0714. The largest absolute Gasteiger partial charge is 0.419 e. The fraction of sp³-hybridized carbons (Fsp3) is 0.318. The van der Waals surface area contributed by atoms with Crippen LogP contribution in [0, 0.1) is 0 Å². The SMILES string of the molecule is O=C(c1cccc(N2CCCS2(=O)=O)c1)N(Cc1nnc(-c2ccc(Cl)cc2)o1)C1CC1. The van der Waals surface area contributed by atoms with Crippen LogP contribution in [-0.2, 0) is 16.6 Å². The highest BCUT2D eigenvalue weighted by Gasteiger charge is 2.35. The number of carbonyl (C=O) groups excluding carboxylic acids is 1. The lowest BCUT2D eigenvalue weighted by Gasteiger charge is -2.22. The van der Waals surface area contributed by atoms with Crippen molar-refractivity contribution in [2.75, 3.05) is 16.6 Å². The second-order valence-corrected chi connectivity index (χ2v) is 10.4. The molecule has 166 valence electrons. The standard InChI is InChI=1S/C22H21ClN4O4S/c23-17-7-5-15(6-8-17)21-25-24-20(31-21)14-26(18-9-10-18)22(28)16-3-1-4-19(13-16)27-11-2-12-32(27,29)30/h1,3-8,13,18H,2,9-12,14H2. The molecule has 1 saturated heterocycles. The molecule has 5 rings (SSSR count). The highest BCUT2D eigenvalue weighted by atomic mass is 35.5. The maximum Gasteiger partial charge on any atom is 0.254 e. The van der Waals surface area contributed by atoms with Gasteiger partial charge in [0, 0.05) is 28.7 Å². The number of nitrogens with zero attached hydrogens (tertiary/aromatic N) is 4. The summed E-state index contributed by atoms with van der Waals surface area (Å²) in [5.74, 6) is 0.652. The minimum Gasteiger partial charge on any atom is -0.419 e. The summed E-state index contributed by atoms with van der Waals surface area (Å²) >= 11 is 5.93. The molecule has 8 nitrogen and oxygen atoms in total. The molecule has 1 amide bonds. The Labute approximate surface area is 190 Å². The molecule has 0 spiro atoms. The summed E-state index contributed by atoms with van der Waals surface area (Å²) in [5, 5.41) is 8.82. The lowest BCUT2D eigenvalue weighted by Crippen LogP contribution is -2.33. The van der Waals surface area contributed by atoms with Crippen LogP contribution in [0.15, 0.2) is 52.9 Å². The first-order valence-corrected chi connectivity index (χ1v) is 12.4. The van der Waals surface area contributed by atoms with E-state index in [0.717, 1.165) is 18.4 Å². The molecule has 3 aromatic rings. The lowest BCUT2D eigenvalue weighted by atomic mass is 10.1. The predicted molar refractivity (Wildman–Crippen MR) is 120 cm³/mol. The van der Waals surface area contributed by atoms with Crippen LogP contribution >= 0.6 is 11.6 Å². The summed E-state index contributed by atoms with van der Waals surface area (Å²) in [4.78, 5) is 15.0. The van der Waals surface area contributed by atoms with Crippen molar-refractivity contribution in [1.29, 1.82) is 0 Å². The number of aromatic nitrogens is 2. The van der Waals surface area contributed by atoms with Crippen molar-refractivity contribution in [2.45, 2.75) is 31.8 Å². The Balaban J connectivity index is 1.37. The Hall–Kier alpha value is -2.91. The van der Waals surface area contributed by atoms with E-state index in [1.807, 2.05) is 0 Å². The minimum atomic E-state index is -3.31. The monoisotopic (exact) mass is 472 g/mol. The summed E-state index contributed by atoms with van der Waals surface area (Å²) in [5.41, 5.74) is 1.71. The molecule has 0 atom stereocenters. The van der Waals surface area contributed by atoms with Crippen LogP contribution in [0.3, 0.4) is 0 Å². The molecule has 1 aliphatic carbocycles. The zero-order valence-corrected chi connectivity index (χ0v) is 18.7. The van der Waals surface area contributed by atoms with Gasteiger partial charge >= 0.3 is 0 Å². The molecule has 10 heteroatoms.